The van der Waals surface area contributed by atoms with Gasteiger partial charge in [-0.3, -0.25) is 19.4 Å². The molecule has 0 saturated heterocycles. The molecule has 4 rings (SSSR count). The molecular weight excluding hydrogens is 522 g/mol. The second-order valence-corrected chi connectivity index (χ2v) is 9.92. The van der Waals surface area contributed by atoms with E-state index in [1.54, 1.807) is 49.8 Å². The number of carbonyl (C=O) groups is 3. The number of aromatic nitrogens is 1. The number of phenols is 1. The van der Waals surface area contributed by atoms with Crippen molar-refractivity contribution in [2.45, 2.75) is 50.7 Å². The van der Waals surface area contributed by atoms with Crippen LogP contribution in [0.5, 0.6) is 17.2 Å². The number of nitrogens with one attached hydrogen (secondary N) is 1. The average molecular weight is 558 g/mol. The van der Waals surface area contributed by atoms with Gasteiger partial charge in [-0.05, 0) is 66.4 Å². The Balaban J connectivity index is 1.67. The van der Waals surface area contributed by atoms with Gasteiger partial charge in [-0.2, -0.15) is 0 Å². The van der Waals surface area contributed by atoms with E-state index in [1.807, 2.05) is 12.1 Å². The van der Waals surface area contributed by atoms with E-state index in [0.29, 0.717) is 17.1 Å². The second kappa shape index (κ2) is 14.1. The van der Waals surface area contributed by atoms with E-state index in [0.717, 1.165) is 49.8 Å². The highest BCUT2D eigenvalue weighted by molar-refractivity contribution is 6.09. The fourth-order valence-corrected chi connectivity index (χ4v) is 4.95. The van der Waals surface area contributed by atoms with Crippen molar-refractivity contribution in [3.05, 3.63) is 95.8 Å². The number of phenolic OH excluding ortho intramolecular Hbond substituents is 1. The minimum absolute atomic E-state index is 0.0253. The molecule has 0 aliphatic heterocycles. The Morgan fingerprint density at radius 3 is 2.24 bits per heavy atom. The van der Waals surface area contributed by atoms with Gasteiger partial charge < -0.3 is 24.8 Å². The van der Waals surface area contributed by atoms with E-state index in [4.69, 9.17) is 9.47 Å². The lowest BCUT2D eigenvalue weighted by Gasteiger charge is -2.33. The van der Waals surface area contributed by atoms with Gasteiger partial charge in [0.05, 0.1) is 19.8 Å². The van der Waals surface area contributed by atoms with Gasteiger partial charge in [0, 0.05) is 37.1 Å². The number of methoxy groups -OCH3 is 2. The Morgan fingerprint density at radius 1 is 0.951 bits per heavy atom. The number of allylic oxidation sites excluding steroid dienone is 1. The summed E-state index contributed by atoms with van der Waals surface area (Å²) in [6.45, 7) is 0.0974. The number of rotatable bonds is 11. The lowest BCUT2D eigenvalue weighted by atomic mass is 9.94. The monoisotopic (exact) mass is 557 g/mol. The molecule has 0 unspecified atom stereocenters. The van der Waals surface area contributed by atoms with Crippen molar-refractivity contribution in [1.29, 1.82) is 0 Å². The first-order valence-corrected chi connectivity index (χ1v) is 13.6. The van der Waals surface area contributed by atoms with E-state index in [1.165, 1.54) is 24.1 Å². The summed E-state index contributed by atoms with van der Waals surface area (Å²) in [5, 5.41) is 13.4. The summed E-state index contributed by atoms with van der Waals surface area (Å²) >= 11 is 0. The lowest BCUT2D eigenvalue weighted by Crippen LogP contribution is -2.46. The number of ketones is 1. The molecule has 2 aromatic carbocycles. The average Bonchev–Trinajstić information content (AvgIpc) is 3.00. The second-order valence-electron chi connectivity index (χ2n) is 9.92. The number of aromatic hydroxyl groups is 1. The number of nitrogens with zero attached hydrogens (tertiary/aromatic N) is 2. The van der Waals surface area contributed by atoms with E-state index in [9.17, 15) is 19.5 Å². The number of amides is 2. The van der Waals surface area contributed by atoms with Crippen LogP contribution in [0.15, 0.2) is 79.1 Å². The third-order valence-corrected chi connectivity index (χ3v) is 7.18. The molecule has 2 amide bonds. The molecule has 1 saturated carbocycles. The van der Waals surface area contributed by atoms with Gasteiger partial charge in [0.15, 0.2) is 5.78 Å². The predicted octanol–water partition coefficient (Wildman–Crippen LogP) is 4.76. The molecule has 1 fully saturated rings. The Labute approximate surface area is 239 Å². The molecule has 0 spiro atoms. The highest BCUT2D eigenvalue weighted by atomic mass is 16.5. The molecule has 1 aromatic heterocycles. The zero-order valence-corrected chi connectivity index (χ0v) is 23.3. The summed E-state index contributed by atoms with van der Waals surface area (Å²) in [4.78, 5) is 46.0. The first-order chi connectivity index (χ1) is 19.9. The van der Waals surface area contributed by atoms with Crippen molar-refractivity contribution < 1.29 is 29.0 Å². The van der Waals surface area contributed by atoms with Crippen LogP contribution in [0.25, 0.3) is 0 Å². The fourth-order valence-electron chi connectivity index (χ4n) is 4.95. The van der Waals surface area contributed by atoms with Crippen LogP contribution in [0.1, 0.15) is 59.6 Å². The third-order valence-electron chi connectivity index (χ3n) is 7.18. The minimum atomic E-state index is -0.969. The van der Waals surface area contributed by atoms with Gasteiger partial charge in [-0.15, -0.1) is 0 Å². The first-order valence-electron chi connectivity index (χ1n) is 13.6. The Kier molecular flexibility index (Phi) is 10.1. The van der Waals surface area contributed by atoms with Gasteiger partial charge in [0.1, 0.15) is 23.3 Å². The number of benzene rings is 2. The molecule has 9 heteroatoms. The van der Waals surface area contributed by atoms with Gasteiger partial charge in [0.2, 0.25) is 11.8 Å². The number of hydrogen-bond acceptors (Lipinski definition) is 7. The Morgan fingerprint density at radius 2 is 1.61 bits per heavy atom. The highest BCUT2D eigenvalue weighted by Crippen LogP contribution is 2.27. The van der Waals surface area contributed by atoms with Crippen LogP contribution < -0.4 is 14.8 Å². The normalized spacial score (nSPS) is 14.3. The lowest BCUT2D eigenvalue weighted by molar-refractivity contribution is -0.138. The smallest absolute Gasteiger partial charge is 0.247 e. The minimum Gasteiger partial charge on any atom is -0.507 e. The maximum Gasteiger partial charge on any atom is 0.247 e. The standard InChI is InChI=1S/C32H35N3O6/c1-40-25-10-8-22(9-11-25)21-35(30(38)15-14-28(36)27-13-12-26(41-2)20-29(27)37)31(23-16-18-33-19-17-23)32(39)34-24-6-4-3-5-7-24/h8-20,24,31,37H,3-7,21H2,1-2H3,(H,34,39)/b15-14+/t31-/m0/s1. The molecule has 41 heavy (non-hydrogen) atoms. The molecular formula is C32H35N3O6. The summed E-state index contributed by atoms with van der Waals surface area (Å²) in [5.74, 6) is -0.593. The third kappa shape index (κ3) is 7.72. The Hall–Kier alpha value is -4.66. The van der Waals surface area contributed by atoms with Crippen LogP contribution in [0.4, 0.5) is 0 Å². The van der Waals surface area contributed by atoms with Gasteiger partial charge in [-0.25, -0.2) is 0 Å². The highest BCUT2D eigenvalue weighted by Gasteiger charge is 2.32. The van der Waals surface area contributed by atoms with Crippen molar-refractivity contribution in [1.82, 2.24) is 15.2 Å². The maximum atomic E-state index is 13.8. The van der Waals surface area contributed by atoms with E-state index in [-0.39, 0.29) is 29.8 Å². The van der Waals surface area contributed by atoms with Crippen LogP contribution in [-0.2, 0) is 16.1 Å². The number of pyridine rings is 1. The molecule has 2 N–H and O–H groups in total. The number of hydrogen-bond donors (Lipinski definition) is 2. The van der Waals surface area contributed by atoms with Crippen LogP contribution in [-0.4, -0.2) is 52.8 Å². The molecule has 1 heterocycles. The molecule has 1 atom stereocenters. The first kappa shape index (κ1) is 29.3. The fraction of sp³-hybridized carbons (Fsp3) is 0.312. The quantitative estimate of drug-likeness (QED) is 0.258. The molecule has 1 aliphatic rings. The number of carbonyl (C=O) groups excluding carboxylic acids is 3. The van der Waals surface area contributed by atoms with Crippen molar-refractivity contribution >= 4 is 17.6 Å². The summed E-state index contributed by atoms with van der Waals surface area (Å²) in [5.41, 5.74) is 1.40. The summed E-state index contributed by atoms with van der Waals surface area (Å²) in [6.07, 6.45) is 10.4. The summed E-state index contributed by atoms with van der Waals surface area (Å²) in [7, 11) is 3.03. The van der Waals surface area contributed by atoms with Crippen molar-refractivity contribution in [3.8, 4) is 17.2 Å². The van der Waals surface area contributed by atoms with Crippen molar-refractivity contribution in [2.24, 2.45) is 0 Å². The SMILES string of the molecule is COc1ccc(CN(C(=O)/C=C/C(=O)c2ccc(OC)cc2O)[C@H](C(=O)NC2CCCCC2)c2ccncc2)cc1. The zero-order valence-electron chi connectivity index (χ0n) is 23.3. The molecule has 0 bridgehead atoms. The van der Waals surface area contributed by atoms with Crippen LogP contribution in [0.2, 0.25) is 0 Å². The topological polar surface area (TPSA) is 118 Å². The van der Waals surface area contributed by atoms with Crippen LogP contribution in [0.3, 0.4) is 0 Å². The van der Waals surface area contributed by atoms with Gasteiger partial charge in [0.25, 0.3) is 0 Å². The van der Waals surface area contributed by atoms with E-state index >= 15 is 0 Å². The molecule has 214 valence electrons. The van der Waals surface area contributed by atoms with Crippen LogP contribution >= 0.6 is 0 Å². The molecule has 1 aliphatic carbocycles. The van der Waals surface area contributed by atoms with Crippen molar-refractivity contribution in [3.63, 3.8) is 0 Å². The van der Waals surface area contributed by atoms with Crippen LogP contribution in [0, 0.1) is 0 Å². The van der Waals surface area contributed by atoms with E-state index < -0.39 is 17.7 Å². The van der Waals surface area contributed by atoms with Crippen molar-refractivity contribution in [2.75, 3.05) is 14.2 Å². The van der Waals surface area contributed by atoms with Gasteiger partial charge in [-0.1, -0.05) is 31.4 Å². The predicted molar refractivity (Wildman–Crippen MR) is 154 cm³/mol. The summed E-state index contributed by atoms with van der Waals surface area (Å²) in [6, 6.07) is 14.0. The number of ether oxygens (including phenoxy) is 2. The Bertz CT molecular complexity index is 1370. The molecule has 0 radical (unpaired) electrons. The maximum absolute atomic E-state index is 13.8. The summed E-state index contributed by atoms with van der Waals surface area (Å²) < 4.78 is 10.3. The van der Waals surface area contributed by atoms with Gasteiger partial charge >= 0.3 is 0 Å². The molecule has 3 aromatic rings. The van der Waals surface area contributed by atoms with E-state index in [2.05, 4.69) is 10.3 Å². The molecule has 9 nitrogen and oxygen atoms in total. The zero-order chi connectivity index (χ0) is 29.2. The largest absolute Gasteiger partial charge is 0.507 e.